The number of likely N-dealkylation sites (tertiary alicyclic amines) is 1. The topological polar surface area (TPSA) is 77.8 Å². The second-order valence-corrected chi connectivity index (χ2v) is 7.37. The summed E-state index contributed by atoms with van der Waals surface area (Å²) in [4.78, 5) is 24.6. The van der Waals surface area contributed by atoms with Crippen LogP contribution in [0.15, 0.2) is 0 Å². The van der Waals surface area contributed by atoms with Gasteiger partial charge in [-0.3, -0.25) is 9.59 Å². The van der Waals surface area contributed by atoms with E-state index < -0.39 is 5.97 Å². The Morgan fingerprint density at radius 3 is 2.69 bits per heavy atom. The maximum atomic E-state index is 12.1. The molecule has 1 fully saturated rings. The van der Waals surface area contributed by atoms with Crippen LogP contribution in [0, 0.1) is 17.8 Å². The third-order valence-electron chi connectivity index (χ3n) is 5.17. The third kappa shape index (κ3) is 8.71. The van der Waals surface area contributed by atoms with E-state index >= 15 is 0 Å². The Morgan fingerprint density at radius 1 is 1.27 bits per heavy atom. The van der Waals surface area contributed by atoms with Crippen LogP contribution in [0.2, 0.25) is 0 Å². The molecule has 0 radical (unpaired) electrons. The van der Waals surface area contributed by atoms with Crippen LogP contribution in [-0.2, 0) is 9.59 Å². The van der Waals surface area contributed by atoms with Crippen molar-refractivity contribution in [2.24, 2.45) is 5.92 Å². The number of amides is 1. The van der Waals surface area contributed by atoms with Gasteiger partial charge in [0.05, 0.1) is 6.10 Å². The predicted octanol–water partition coefficient (Wildman–Crippen LogP) is 3.59. The zero-order valence-electron chi connectivity index (χ0n) is 16.4. The van der Waals surface area contributed by atoms with Crippen LogP contribution >= 0.6 is 0 Å². The maximum Gasteiger partial charge on any atom is 0.303 e. The highest BCUT2D eigenvalue weighted by molar-refractivity contribution is 5.78. The van der Waals surface area contributed by atoms with Crippen LogP contribution < -0.4 is 0 Å². The number of aliphatic hydroxyl groups is 1. The lowest BCUT2D eigenvalue weighted by molar-refractivity contribution is -0.137. The molecule has 0 aromatic heterocycles. The van der Waals surface area contributed by atoms with E-state index in [1.165, 1.54) is 0 Å². The molecule has 1 heterocycles. The van der Waals surface area contributed by atoms with Gasteiger partial charge in [-0.25, -0.2) is 0 Å². The lowest BCUT2D eigenvalue weighted by Crippen LogP contribution is -2.34. The molecule has 0 spiro atoms. The molecule has 1 amide bonds. The molecule has 0 aromatic carbocycles. The van der Waals surface area contributed by atoms with Crippen molar-refractivity contribution in [2.75, 3.05) is 6.54 Å². The van der Waals surface area contributed by atoms with E-state index in [0.717, 1.165) is 51.5 Å². The van der Waals surface area contributed by atoms with Crippen LogP contribution in [0.3, 0.4) is 0 Å². The molecule has 5 nitrogen and oxygen atoms in total. The van der Waals surface area contributed by atoms with Crippen molar-refractivity contribution in [3.05, 3.63) is 0 Å². The summed E-state index contributed by atoms with van der Waals surface area (Å²) in [6, 6.07) is 0.241. The van der Waals surface area contributed by atoms with Gasteiger partial charge in [-0.1, -0.05) is 26.7 Å². The maximum absolute atomic E-state index is 12.1. The second kappa shape index (κ2) is 12.8. The van der Waals surface area contributed by atoms with Gasteiger partial charge < -0.3 is 15.1 Å². The first-order valence-electron chi connectivity index (χ1n) is 10.1. The molecule has 1 saturated heterocycles. The first-order chi connectivity index (χ1) is 12.5. The molecular formula is C21H35NO4. The number of nitrogens with zero attached hydrogens (tertiary/aromatic N) is 1. The Hall–Kier alpha value is -1.54. The monoisotopic (exact) mass is 365 g/mol. The molecular weight excluding hydrogens is 330 g/mol. The molecule has 3 atom stereocenters. The predicted molar refractivity (Wildman–Crippen MR) is 103 cm³/mol. The smallest absolute Gasteiger partial charge is 0.303 e. The molecule has 0 aromatic rings. The van der Waals surface area contributed by atoms with Crippen molar-refractivity contribution in [1.29, 1.82) is 0 Å². The Kier molecular flexibility index (Phi) is 11.0. The number of aliphatic carboxylic acids is 1. The van der Waals surface area contributed by atoms with Gasteiger partial charge in [0.25, 0.3) is 0 Å². The number of hydrogen-bond donors (Lipinski definition) is 2. The van der Waals surface area contributed by atoms with E-state index in [9.17, 15) is 14.7 Å². The summed E-state index contributed by atoms with van der Waals surface area (Å²) in [7, 11) is 0. The van der Waals surface area contributed by atoms with Gasteiger partial charge >= 0.3 is 5.97 Å². The summed E-state index contributed by atoms with van der Waals surface area (Å²) in [6.07, 6.45) is 7.96. The SMILES string of the molecule is CCC#CCC(C)C(O)CCC1CCC(=O)N1CCCCCCC(=O)O. The molecule has 1 aliphatic heterocycles. The lowest BCUT2D eigenvalue weighted by Gasteiger charge is -2.26. The van der Waals surface area contributed by atoms with E-state index in [2.05, 4.69) is 11.8 Å². The number of unbranched alkanes of at least 4 members (excludes halogenated alkanes) is 3. The van der Waals surface area contributed by atoms with Gasteiger partial charge in [0.15, 0.2) is 0 Å². The van der Waals surface area contributed by atoms with Crippen molar-refractivity contribution in [3.63, 3.8) is 0 Å². The molecule has 0 aliphatic carbocycles. The first kappa shape index (κ1) is 22.5. The summed E-state index contributed by atoms with van der Waals surface area (Å²) >= 11 is 0. The second-order valence-electron chi connectivity index (χ2n) is 7.37. The third-order valence-corrected chi connectivity index (χ3v) is 5.17. The highest BCUT2D eigenvalue weighted by Gasteiger charge is 2.30. The molecule has 2 N–H and O–H groups in total. The summed E-state index contributed by atoms with van der Waals surface area (Å²) in [5.74, 6) is 5.78. The van der Waals surface area contributed by atoms with Crippen molar-refractivity contribution in [3.8, 4) is 11.8 Å². The molecule has 3 unspecified atom stereocenters. The summed E-state index contributed by atoms with van der Waals surface area (Å²) in [5, 5.41) is 19.0. The molecule has 148 valence electrons. The van der Waals surface area contributed by atoms with Crippen LogP contribution in [0.25, 0.3) is 0 Å². The number of carbonyl (C=O) groups is 2. The minimum absolute atomic E-state index is 0.161. The largest absolute Gasteiger partial charge is 0.481 e. The fourth-order valence-corrected chi connectivity index (χ4v) is 3.45. The Bertz CT molecular complexity index is 494. The normalized spacial score (nSPS) is 19.1. The van der Waals surface area contributed by atoms with E-state index in [1.54, 1.807) is 0 Å². The molecule has 5 heteroatoms. The molecule has 1 rings (SSSR count). The van der Waals surface area contributed by atoms with E-state index in [-0.39, 0.29) is 30.4 Å². The van der Waals surface area contributed by atoms with Gasteiger partial charge in [-0.15, -0.1) is 11.8 Å². The average molecular weight is 366 g/mol. The molecule has 0 saturated carbocycles. The van der Waals surface area contributed by atoms with Crippen LogP contribution in [-0.4, -0.2) is 45.7 Å². The highest BCUT2D eigenvalue weighted by Crippen LogP contribution is 2.25. The fourth-order valence-electron chi connectivity index (χ4n) is 3.45. The van der Waals surface area contributed by atoms with Crippen molar-refractivity contribution in [1.82, 2.24) is 4.90 Å². The summed E-state index contributed by atoms with van der Waals surface area (Å²) < 4.78 is 0. The number of hydrogen-bond acceptors (Lipinski definition) is 3. The van der Waals surface area contributed by atoms with Gasteiger partial charge in [0.2, 0.25) is 5.91 Å². The Balaban J connectivity index is 2.29. The lowest BCUT2D eigenvalue weighted by atomic mass is 9.95. The Labute approximate surface area is 158 Å². The van der Waals surface area contributed by atoms with Crippen LogP contribution in [0.4, 0.5) is 0 Å². The average Bonchev–Trinajstić information content (AvgIpc) is 2.95. The Morgan fingerprint density at radius 2 is 2.00 bits per heavy atom. The van der Waals surface area contributed by atoms with Gasteiger partial charge in [0, 0.05) is 38.3 Å². The van der Waals surface area contributed by atoms with Gasteiger partial charge in [0.1, 0.15) is 0 Å². The van der Waals surface area contributed by atoms with Crippen LogP contribution in [0.5, 0.6) is 0 Å². The van der Waals surface area contributed by atoms with Gasteiger partial charge in [-0.05, 0) is 38.0 Å². The number of carboxylic acids is 1. The number of carbonyl (C=O) groups excluding carboxylic acids is 1. The number of aliphatic hydroxyl groups excluding tert-OH is 1. The quantitative estimate of drug-likeness (QED) is 0.409. The van der Waals surface area contributed by atoms with E-state index in [4.69, 9.17) is 5.11 Å². The minimum atomic E-state index is -0.742. The summed E-state index contributed by atoms with van der Waals surface area (Å²) in [6.45, 7) is 4.81. The molecule has 0 bridgehead atoms. The highest BCUT2D eigenvalue weighted by atomic mass is 16.4. The van der Waals surface area contributed by atoms with E-state index in [0.29, 0.717) is 19.3 Å². The van der Waals surface area contributed by atoms with Gasteiger partial charge in [-0.2, -0.15) is 0 Å². The van der Waals surface area contributed by atoms with Crippen LogP contribution in [0.1, 0.15) is 84.5 Å². The van der Waals surface area contributed by atoms with Crippen molar-refractivity contribution in [2.45, 2.75) is 96.6 Å². The number of rotatable bonds is 12. The molecule has 1 aliphatic rings. The summed E-state index contributed by atoms with van der Waals surface area (Å²) in [5.41, 5.74) is 0. The van der Waals surface area contributed by atoms with Crippen molar-refractivity contribution < 1.29 is 19.8 Å². The molecule has 26 heavy (non-hydrogen) atoms. The zero-order chi connectivity index (χ0) is 19.4. The van der Waals surface area contributed by atoms with E-state index in [1.807, 2.05) is 18.7 Å². The number of carboxylic acid groups (broad SMARTS) is 1. The first-order valence-corrected chi connectivity index (χ1v) is 10.1. The zero-order valence-corrected chi connectivity index (χ0v) is 16.4. The standard InChI is InChI=1S/C21H35NO4/c1-3-4-7-10-17(2)19(23)14-12-18-13-15-20(24)22(18)16-9-6-5-8-11-21(25)26/h17-19,23H,3,5-6,8-16H2,1-2H3,(H,25,26). The fraction of sp³-hybridized carbons (Fsp3) is 0.810. The van der Waals surface area contributed by atoms with Crippen molar-refractivity contribution >= 4 is 11.9 Å². The minimum Gasteiger partial charge on any atom is -0.481 e.